The molecule has 2 unspecified atom stereocenters. The number of amides is 2. The van der Waals surface area contributed by atoms with Crippen molar-refractivity contribution in [2.45, 2.75) is 26.7 Å². The zero-order valence-corrected chi connectivity index (χ0v) is 13.1. The third-order valence-corrected chi connectivity index (χ3v) is 3.90. The van der Waals surface area contributed by atoms with E-state index >= 15 is 0 Å². The summed E-state index contributed by atoms with van der Waals surface area (Å²) in [5.41, 5.74) is 2.03. The van der Waals surface area contributed by atoms with Gasteiger partial charge in [0.25, 0.3) is 0 Å². The van der Waals surface area contributed by atoms with Crippen LogP contribution >= 0.6 is 0 Å². The van der Waals surface area contributed by atoms with Gasteiger partial charge in [0.05, 0.1) is 11.8 Å². The number of hydrogen-bond donors (Lipinski definition) is 3. The highest BCUT2D eigenvalue weighted by molar-refractivity contribution is 5.97. The van der Waals surface area contributed by atoms with Crippen molar-refractivity contribution >= 4 is 29.2 Å². The van der Waals surface area contributed by atoms with Crippen LogP contribution in [0.1, 0.15) is 25.3 Å². The van der Waals surface area contributed by atoms with E-state index in [1.54, 1.807) is 24.3 Å². The van der Waals surface area contributed by atoms with Gasteiger partial charge in [-0.1, -0.05) is 18.2 Å². The van der Waals surface area contributed by atoms with Gasteiger partial charge in [-0.25, -0.2) is 0 Å². The van der Waals surface area contributed by atoms with Crippen LogP contribution in [0.3, 0.4) is 0 Å². The minimum atomic E-state index is -0.961. The molecule has 2 amide bonds. The van der Waals surface area contributed by atoms with Gasteiger partial charge in [-0.3, -0.25) is 14.4 Å². The van der Waals surface area contributed by atoms with E-state index < -0.39 is 17.8 Å². The Kier molecular flexibility index (Phi) is 5.16. The van der Waals surface area contributed by atoms with Crippen LogP contribution < -0.4 is 10.6 Å². The average Bonchev–Trinajstić information content (AvgIpc) is 2.50. The van der Waals surface area contributed by atoms with Crippen molar-refractivity contribution in [1.29, 1.82) is 0 Å². The number of carbonyl (C=O) groups excluding carboxylic acids is 2. The minimum Gasteiger partial charge on any atom is -0.481 e. The summed E-state index contributed by atoms with van der Waals surface area (Å²) in [7, 11) is 0. The predicted molar refractivity (Wildman–Crippen MR) is 87.1 cm³/mol. The normalized spacial score (nSPS) is 19.9. The Morgan fingerprint density at radius 3 is 2.35 bits per heavy atom. The van der Waals surface area contributed by atoms with E-state index in [0.717, 1.165) is 5.56 Å². The van der Waals surface area contributed by atoms with Gasteiger partial charge in [-0.2, -0.15) is 0 Å². The van der Waals surface area contributed by atoms with Gasteiger partial charge in [-0.15, -0.1) is 0 Å². The highest BCUT2D eigenvalue weighted by Gasteiger charge is 2.33. The fourth-order valence-electron chi connectivity index (χ4n) is 2.64. The number of hydrogen-bond acceptors (Lipinski definition) is 3. The van der Waals surface area contributed by atoms with Gasteiger partial charge >= 0.3 is 5.97 Å². The number of carboxylic acids is 1. The van der Waals surface area contributed by atoms with Gasteiger partial charge in [-0.05, 0) is 37.5 Å². The Morgan fingerprint density at radius 1 is 1.09 bits per heavy atom. The van der Waals surface area contributed by atoms with Crippen LogP contribution in [0, 0.1) is 18.8 Å². The van der Waals surface area contributed by atoms with Crippen molar-refractivity contribution in [3.05, 3.63) is 35.9 Å². The molecule has 0 bridgehead atoms. The highest BCUT2D eigenvalue weighted by Crippen LogP contribution is 2.28. The van der Waals surface area contributed by atoms with Crippen molar-refractivity contribution in [3.63, 3.8) is 0 Å². The molecule has 23 heavy (non-hydrogen) atoms. The second-order valence-corrected chi connectivity index (χ2v) is 5.69. The van der Waals surface area contributed by atoms with Gasteiger partial charge in [0.15, 0.2) is 0 Å². The molecule has 0 saturated carbocycles. The smallest absolute Gasteiger partial charge is 0.307 e. The summed E-state index contributed by atoms with van der Waals surface area (Å²) in [6, 6.07) is 5.19. The van der Waals surface area contributed by atoms with E-state index in [-0.39, 0.29) is 11.8 Å². The third kappa shape index (κ3) is 4.18. The number of aliphatic carboxylic acids is 1. The Bertz CT molecular complexity index is 667. The second kappa shape index (κ2) is 7.09. The van der Waals surface area contributed by atoms with E-state index in [0.29, 0.717) is 24.2 Å². The maximum Gasteiger partial charge on any atom is 0.307 e. The number of carboxylic acid groups (broad SMARTS) is 1. The fraction of sp³-hybridized carbons (Fsp3) is 0.353. The monoisotopic (exact) mass is 316 g/mol. The molecular formula is C17H20N2O4. The molecule has 0 saturated heterocycles. The summed E-state index contributed by atoms with van der Waals surface area (Å²) in [5, 5.41) is 14.7. The van der Waals surface area contributed by atoms with Crippen molar-refractivity contribution in [2.75, 3.05) is 10.6 Å². The van der Waals surface area contributed by atoms with E-state index in [4.69, 9.17) is 0 Å². The molecule has 0 aliphatic heterocycles. The molecule has 6 nitrogen and oxygen atoms in total. The van der Waals surface area contributed by atoms with Gasteiger partial charge < -0.3 is 15.7 Å². The van der Waals surface area contributed by atoms with Crippen LogP contribution in [-0.4, -0.2) is 22.9 Å². The SMILES string of the molecule is CC(=O)Nc1cc(NC(=O)C2CC=CCC2C(=O)O)ccc1C. The van der Waals surface area contributed by atoms with E-state index in [1.165, 1.54) is 6.92 Å². The number of carbonyl (C=O) groups is 3. The van der Waals surface area contributed by atoms with E-state index in [1.807, 2.05) is 13.0 Å². The molecule has 1 aromatic rings. The Labute approximate surface area is 134 Å². The summed E-state index contributed by atoms with van der Waals surface area (Å²) < 4.78 is 0. The van der Waals surface area contributed by atoms with Crippen LogP contribution in [0.2, 0.25) is 0 Å². The van der Waals surface area contributed by atoms with Gasteiger partial charge in [0.2, 0.25) is 11.8 Å². The van der Waals surface area contributed by atoms with Crippen molar-refractivity contribution < 1.29 is 19.5 Å². The zero-order valence-electron chi connectivity index (χ0n) is 13.1. The molecule has 2 rings (SSSR count). The van der Waals surface area contributed by atoms with E-state index in [9.17, 15) is 19.5 Å². The summed E-state index contributed by atoms with van der Waals surface area (Å²) in [6.07, 6.45) is 4.40. The van der Waals surface area contributed by atoms with Gasteiger partial charge in [0.1, 0.15) is 0 Å². The molecular weight excluding hydrogens is 296 g/mol. The van der Waals surface area contributed by atoms with Crippen molar-refractivity contribution in [3.8, 4) is 0 Å². The Morgan fingerprint density at radius 2 is 1.74 bits per heavy atom. The standard InChI is InChI=1S/C17H20N2O4/c1-10-7-8-12(9-15(10)18-11(2)20)19-16(21)13-5-3-4-6-14(13)17(22)23/h3-4,7-9,13-14H,5-6H2,1-2H3,(H,18,20)(H,19,21)(H,22,23). The lowest BCUT2D eigenvalue weighted by Crippen LogP contribution is -2.34. The average molecular weight is 316 g/mol. The molecule has 1 aromatic carbocycles. The lowest BCUT2D eigenvalue weighted by atomic mass is 9.82. The molecule has 6 heteroatoms. The van der Waals surface area contributed by atoms with E-state index in [2.05, 4.69) is 10.6 Å². The van der Waals surface area contributed by atoms with Crippen LogP contribution in [0.15, 0.2) is 30.4 Å². The van der Waals surface area contributed by atoms with Gasteiger partial charge in [0, 0.05) is 18.3 Å². The van der Waals surface area contributed by atoms with Crippen molar-refractivity contribution in [1.82, 2.24) is 0 Å². The lowest BCUT2D eigenvalue weighted by Gasteiger charge is -2.24. The topological polar surface area (TPSA) is 95.5 Å². The summed E-state index contributed by atoms with van der Waals surface area (Å²) >= 11 is 0. The number of allylic oxidation sites excluding steroid dienone is 2. The summed E-state index contributed by atoms with van der Waals surface area (Å²) in [4.78, 5) is 34.9. The molecule has 2 atom stereocenters. The maximum absolute atomic E-state index is 12.4. The molecule has 1 aliphatic carbocycles. The number of nitrogens with one attached hydrogen (secondary N) is 2. The second-order valence-electron chi connectivity index (χ2n) is 5.69. The first kappa shape index (κ1) is 16.7. The minimum absolute atomic E-state index is 0.195. The zero-order chi connectivity index (χ0) is 17.0. The molecule has 0 radical (unpaired) electrons. The third-order valence-electron chi connectivity index (χ3n) is 3.90. The Balaban J connectivity index is 2.15. The highest BCUT2D eigenvalue weighted by atomic mass is 16.4. The molecule has 0 spiro atoms. The molecule has 0 heterocycles. The summed E-state index contributed by atoms with van der Waals surface area (Å²) in [5.74, 6) is -2.78. The largest absolute Gasteiger partial charge is 0.481 e. The predicted octanol–water partition coefficient (Wildman–Crippen LogP) is 2.56. The fourth-order valence-corrected chi connectivity index (χ4v) is 2.64. The molecule has 3 N–H and O–H groups in total. The van der Waals surface area contributed by atoms with Crippen LogP contribution in [0.4, 0.5) is 11.4 Å². The molecule has 122 valence electrons. The number of anilines is 2. The quantitative estimate of drug-likeness (QED) is 0.744. The van der Waals surface area contributed by atoms with Crippen molar-refractivity contribution in [2.24, 2.45) is 11.8 Å². The molecule has 0 aromatic heterocycles. The molecule has 0 fully saturated rings. The summed E-state index contributed by atoms with van der Waals surface area (Å²) in [6.45, 7) is 3.26. The van der Waals surface area contributed by atoms with Crippen LogP contribution in [0.25, 0.3) is 0 Å². The molecule has 1 aliphatic rings. The van der Waals surface area contributed by atoms with Crippen LogP contribution in [0.5, 0.6) is 0 Å². The lowest BCUT2D eigenvalue weighted by molar-refractivity contribution is -0.146. The number of aryl methyl sites for hydroxylation is 1. The number of rotatable bonds is 4. The first-order valence-corrected chi connectivity index (χ1v) is 7.45. The maximum atomic E-state index is 12.4. The Hall–Kier alpha value is -2.63. The van der Waals surface area contributed by atoms with Crippen LogP contribution in [-0.2, 0) is 14.4 Å². The number of benzene rings is 1. The first-order chi connectivity index (χ1) is 10.9. The first-order valence-electron chi connectivity index (χ1n) is 7.45.